The third-order valence-corrected chi connectivity index (χ3v) is 2.54. The summed E-state index contributed by atoms with van der Waals surface area (Å²) in [5.74, 6) is 1.17. The summed E-state index contributed by atoms with van der Waals surface area (Å²) in [4.78, 5) is 8.31. The van der Waals surface area contributed by atoms with E-state index in [2.05, 4.69) is 15.1 Å². The summed E-state index contributed by atoms with van der Waals surface area (Å²) in [7, 11) is 0. The lowest BCUT2D eigenvalue weighted by atomic mass is 10.1. The molecule has 0 saturated carbocycles. The quantitative estimate of drug-likeness (QED) is 0.846. The molecule has 5 nitrogen and oxygen atoms in total. The highest BCUT2D eigenvalue weighted by atomic mass is 16.5. The molecule has 0 aromatic carbocycles. The summed E-state index contributed by atoms with van der Waals surface area (Å²) in [6, 6.07) is 3.71. The normalized spacial score (nSPS) is 14.7. The lowest BCUT2D eigenvalue weighted by molar-refractivity contribution is 0.346. The van der Waals surface area contributed by atoms with Gasteiger partial charge in [0.1, 0.15) is 0 Å². The molecule has 2 unspecified atom stereocenters. The van der Waals surface area contributed by atoms with Gasteiger partial charge in [0.15, 0.2) is 0 Å². The Morgan fingerprint density at radius 3 is 2.81 bits per heavy atom. The van der Waals surface area contributed by atoms with Crippen LogP contribution in [-0.2, 0) is 0 Å². The van der Waals surface area contributed by atoms with Crippen LogP contribution in [0.5, 0.6) is 0 Å². The second-order valence-corrected chi connectivity index (χ2v) is 3.85. The number of hydrogen-bond acceptors (Lipinski definition) is 5. The van der Waals surface area contributed by atoms with Crippen molar-refractivity contribution in [3.8, 4) is 11.4 Å². The van der Waals surface area contributed by atoms with E-state index < -0.39 is 0 Å². The molecular weight excluding hydrogens is 204 g/mol. The number of aromatic nitrogens is 3. The molecule has 16 heavy (non-hydrogen) atoms. The van der Waals surface area contributed by atoms with E-state index in [1.807, 2.05) is 26.0 Å². The maximum absolute atomic E-state index is 5.78. The highest BCUT2D eigenvalue weighted by Crippen LogP contribution is 2.20. The number of rotatable bonds is 3. The van der Waals surface area contributed by atoms with Gasteiger partial charge in [-0.1, -0.05) is 12.1 Å². The zero-order valence-electron chi connectivity index (χ0n) is 9.29. The van der Waals surface area contributed by atoms with Crippen LogP contribution < -0.4 is 5.73 Å². The van der Waals surface area contributed by atoms with E-state index in [0.717, 1.165) is 5.56 Å². The summed E-state index contributed by atoms with van der Waals surface area (Å²) in [5.41, 5.74) is 6.62. The predicted octanol–water partition coefficient (Wildman–Crippen LogP) is 1.58. The fraction of sp³-hybridized carbons (Fsp3) is 0.364. The lowest BCUT2D eigenvalue weighted by Gasteiger charge is -2.09. The van der Waals surface area contributed by atoms with Gasteiger partial charge in [-0.3, -0.25) is 4.98 Å². The van der Waals surface area contributed by atoms with Crippen molar-refractivity contribution in [2.45, 2.75) is 25.8 Å². The molecule has 0 spiro atoms. The summed E-state index contributed by atoms with van der Waals surface area (Å²) in [6.45, 7) is 3.88. The van der Waals surface area contributed by atoms with Crippen molar-refractivity contribution in [2.24, 2.45) is 5.73 Å². The summed E-state index contributed by atoms with van der Waals surface area (Å²) in [6.07, 6.45) is 3.40. The van der Waals surface area contributed by atoms with Gasteiger partial charge in [0, 0.05) is 24.0 Å². The molecule has 0 radical (unpaired) electrons. The van der Waals surface area contributed by atoms with E-state index in [9.17, 15) is 0 Å². The molecule has 5 heteroatoms. The van der Waals surface area contributed by atoms with Crippen LogP contribution >= 0.6 is 0 Å². The molecule has 0 aliphatic carbocycles. The van der Waals surface area contributed by atoms with E-state index in [-0.39, 0.29) is 12.0 Å². The van der Waals surface area contributed by atoms with E-state index >= 15 is 0 Å². The van der Waals surface area contributed by atoms with Gasteiger partial charge >= 0.3 is 0 Å². The van der Waals surface area contributed by atoms with E-state index in [1.54, 1.807) is 12.4 Å². The van der Waals surface area contributed by atoms with Crippen LogP contribution in [0.15, 0.2) is 29.0 Å². The van der Waals surface area contributed by atoms with Gasteiger partial charge < -0.3 is 10.3 Å². The maximum atomic E-state index is 5.78. The molecule has 84 valence electrons. The van der Waals surface area contributed by atoms with Crippen molar-refractivity contribution >= 4 is 0 Å². The average Bonchev–Trinajstić information content (AvgIpc) is 2.78. The first-order valence-electron chi connectivity index (χ1n) is 5.18. The van der Waals surface area contributed by atoms with E-state index in [4.69, 9.17) is 10.3 Å². The minimum atomic E-state index is -0.0119. The van der Waals surface area contributed by atoms with Gasteiger partial charge in [-0.25, -0.2) is 0 Å². The Kier molecular flexibility index (Phi) is 2.96. The zero-order chi connectivity index (χ0) is 11.5. The average molecular weight is 218 g/mol. The van der Waals surface area contributed by atoms with Gasteiger partial charge in [0.05, 0.1) is 5.92 Å². The van der Waals surface area contributed by atoms with Crippen molar-refractivity contribution in [2.75, 3.05) is 0 Å². The molecular formula is C11H14N4O. The first-order valence-corrected chi connectivity index (χ1v) is 5.18. The minimum absolute atomic E-state index is 0.0119. The zero-order valence-corrected chi connectivity index (χ0v) is 9.29. The van der Waals surface area contributed by atoms with Crippen molar-refractivity contribution in [1.82, 2.24) is 15.1 Å². The molecule has 0 fully saturated rings. The van der Waals surface area contributed by atoms with Crippen LogP contribution in [0.3, 0.4) is 0 Å². The second-order valence-electron chi connectivity index (χ2n) is 3.85. The van der Waals surface area contributed by atoms with Crippen LogP contribution in [-0.4, -0.2) is 21.2 Å². The highest BCUT2D eigenvalue weighted by molar-refractivity contribution is 5.51. The van der Waals surface area contributed by atoms with Gasteiger partial charge in [-0.05, 0) is 19.1 Å². The first-order chi connectivity index (χ1) is 7.68. The smallest absolute Gasteiger partial charge is 0.231 e. The summed E-state index contributed by atoms with van der Waals surface area (Å²) < 4.78 is 5.17. The molecule has 2 aromatic heterocycles. The monoisotopic (exact) mass is 218 g/mol. The molecule has 2 aromatic rings. The first kappa shape index (κ1) is 10.8. The van der Waals surface area contributed by atoms with Gasteiger partial charge in [-0.2, -0.15) is 4.98 Å². The van der Waals surface area contributed by atoms with Gasteiger partial charge in [-0.15, -0.1) is 0 Å². The summed E-state index contributed by atoms with van der Waals surface area (Å²) >= 11 is 0. The predicted molar refractivity (Wildman–Crippen MR) is 59.6 cm³/mol. The fourth-order valence-corrected chi connectivity index (χ4v) is 1.26. The van der Waals surface area contributed by atoms with Gasteiger partial charge in [0.25, 0.3) is 0 Å². The SMILES string of the molecule is CC(N)C(C)c1nc(-c2cccnc2)no1. The Hall–Kier alpha value is -1.75. The Morgan fingerprint density at radius 2 is 2.19 bits per heavy atom. The van der Waals surface area contributed by atoms with Gasteiger partial charge in [0.2, 0.25) is 11.7 Å². The number of pyridine rings is 1. The molecule has 2 atom stereocenters. The largest absolute Gasteiger partial charge is 0.339 e. The van der Waals surface area contributed by atoms with Crippen molar-refractivity contribution in [1.29, 1.82) is 0 Å². The third-order valence-electron chi connectivity index (χ3n) is 2.54. The number of nitrogens with two attached hydrogens (primary N) is 1. The molecule has 0 amide bonds. The Morgan fingerprint density at radius 1 is 1.38 bits per heavy atom. The van der Waals surface area contributed by atoms with E-state index in [1.165, 1.54) is 0 Å². The molecule has 0 aliphatic heterocycles. The maximum Gasteiger partial charge on any atom is 0.231 e. The molecule has 2 N–H and O–H groups in total. The highest BCUT2D eigenvalue weighted by Gasteiger charge is 2.18. The minimum Gasteiger partial charge on any atom is -0.339 e. The fourth-order valence-electron chi connectivity index (χ4n) is 1.26. The summed E-state index contributed by atoms with van der Waals surface area (Å²) in [5, 5.41) is 3.91. The molecule has 0 aliphatic rings. The number of hydrogen-bond donors (Lipinski definition) is 1. The molecule has 0 bridgehead atoms. The Balaban J connectivity index is 2.27. The number of nitrogens with zero attached hydrogens (tertiary/aromatic N) is 3. The van der Waals surface area contributed by atoms with Crippen molar-refractivity contribution < 1.29 is 4.52 Å². The lowest BCUT2D eigenvalue weighted by Crippen LogP contribution is -2.22. The van der Waals surface area contributed by atoms with Crippen LogP contribution in [0.25, 0.3) is 11.4 Å². The van der Waals surface area contributed by atoms with Crippen LogP contribution in [0.4, 0.5) is 0 Å². The van der Waals surface area contributed by atoms with Crippen molar-refractivity contribution in [3.63, 3.8) is 0 Å². The van der Waals surface area contributed by atoms with Crippen LogP contribution in [0, 0.1) is 0 Å². The Bertz CT molecular complexity index is 452. The van der Waals surface area contributed by atoms with E-state index in [0.29, 0.717) is 11.7 Å². The van der Waals surface area contributed by atoms with Crippen molar-refractivity contribution in [3.05, 3.63) is 30.4 Å². The second kappa shape index (κ2) is 4.40. The third kappa shape index (κ3) is 2.09. The standard InChI is InChI=1S/C11H14N4O/c1-7(8(2)12)11-14-10(15-16-11)9-4-3-5-13-6-9/h3-8H,12H2,1-2H3. The molecule has 0 saturated heterocycles. The van der Waals surface area contributed by atoms with Crippen LogP contribution in [0.2, 0.25) is 0 Å². The van der Waals surface area contributed by atoms with Crippen LogP contribution in [0.1, 0.15) is 25.7 Å². The molecule has 2 heterocycles. The topological polar surface area (TPSA) is 77.8 Å². The molecule has 2 rings (SSSR count). The Labute approximate surface area is 93.7 Å².